The fourth-order valence-corrected chi connectivity index (χ4v) is 1.59. The third-order valence-corrected chi connectivity index (χ3v) is 2.26. The molecule has 72 valence electrons. The average molecular weight is 256 g/mol. The molecule has 0 unspecified atom stereocenters. The lowest BCUT2D eigenvalue weighted by molar-refractivity contribution is 0.0593. The van der Waals surface area contributed by atoms with Crippen LogP contribution < -0.4 is 0 Å². The van der Waals surface area contributed by atoms with Gasteiger partial charge in [0.1, 0.15) is 4.60 Å². The van der Waals surface area contributed by atoms with E-state index in [0.29, 0.717) is 10.3 Å². The van der Waals surface area contributed by atoms with Crippen molar-refractivity contribution in [1.82, 2.24) is 14.4 Å². The number of carbonyl (C=O) groups excluding carboxylic acids is 1. The van der Waals surface area contributed by atoms with Gasteiger partial charge in [-0.3, -0.25) is 0 Å². The Balaban J connectivity index is 2.64. The highest BCUT2D eigenvalue weighted by Gasteiger charge is 2.11. The van der Waals surface area contributed by atoms with E-state index in [1.54, 1.807) is 23.0 Å². The van der Waals surface area contributed by atoms with Crippen molar-refractivity contribution in [2.75, 3.05) is 7.11 Å². The summed E-state index contributed by atoms with van der Waals surface area (Å²) in [6, 6.07) is 0. The van der Waals surface area contributed by atoms with E-state index in [1.165, 1.54) is 7.11 Å². The molecule has 0 aliphatic heterocycles. The van der Waals surface area contributed by atoms with Gasteiger partial charge in [-0.1, -0.05) is 0 Å². The van der Waals surface area contributed by atoms with Crippen molar-refractivity contribution in [3.05, 3.63) is 28.9 Å². The summed E-state index contributed by atoms with van der Waals surface area (Å²) < 4.78 is 6.78. The molecule has 2 aromatic rings. The first-order chi connectivity index (χ1) is 6.72. The molecule has 0 spiro atoms. The molecule has 0 fully saturated rings. The van der Waals surface area contributed by atoms with Crippen LogP contribution >= 0.6 is 15.9 Å². The summed E-state index contributed by atoms with van der Waals surface area (Å²) in [5, 5.41) is 0. The summed E-state index contributed by atoms with van der Waals surface area (Å²) in [4.78, 5) is 19.2. The molecule has 0 aromatic carbocycles. The largest absolute Gasteiger partial charge is 0.464 e. The first-order valence-electron chi connectivity index (χ1n) is 3.80. The van der Waals surface area contributed by atoms with Crippen LogP contribution in [0, 0.1) is 0 Å². The summed E-state index contributed by atoms with van der Waals surface area (Å²) >= 11 is 3.22. The molecular formula is C8H6BrN3O2. The number of imidazole rings is 1. The molecule has 14 heavy (non-hydrogen) atoms. The topological polar surface area (TPSA) is 56.5 Å². The van der Waals surface area contributed by atoms with Gasteiger partial charge in [-0.15, -0.1) is 0 Å². The predicted octanol–water partition coefficient (Wildman–Crippen LogP) is 1.28. The highest BCUT2D eigenvalue weighted by atomic mass is 79.9. The molecular weight excluding hydrogens is 250 g/mol. The maximum absolute atomic E-state index is 11.2. The summed E-state index contributed by atoms with van der Waals surface area (Å²) in [6.07, 6.45) is 4.93. The molecule has 0 saturated heterocycles. The fourth-order valence-electron chi connectivity index (χ4n) is 1.10. The van der Waals surface area contributed by atoms with Gasteiger partial charge in [0.2, 0.25) is 0 Å². The van der Waals surface area contributed by atoms with Crippen molar-refractivity contribution in [2.24, 2.45) is 0 Å². The quantitative estimate of drug-likeness (QED) is 0.721. The van der Waals surface area contributed by atoms with Crippen molar-refractivity contribution >= 4 is 27.5 Å². The molecule has 0 saturated carbocycles. The van der Waals surface area contributed by atoms with E-state index in [0.717, 1.165) is 0 Å². The van der Waals surface area contributed by atoms with Crippen LogP contribution in [0.5, 0.6) is 0 Å². The van der Waals surface area contributed by atoms with E-state index in [4.69, 9.17) is 0 Å². The van der Waals surface area contributed by atoms with Crippen molar-refractivity contribution in [2.45, 2.75) is 0 Å². The van der Waals surface area contributed by atoms with Gasteiger partial charge in [0, 0.05) is 18.6 Å². The number of aromatic nitrogens is 3. The maximum Gasteiger partial charge on any atom is 0.358 e. The summed E-state index contributed by atoms with van der Waals surface area (Å²) in [5.41, 5.74) is 0.905. The third kappa shape index (κ3) is 1.37. The lowest BCUT2D eigenvalue weighted by atomic mass is 10.4. The zero-order valence-electron chi connectivity index (χ0n) is 7.27. The number of methoxy groups -OCH3 is 1. The number of fused-ring (bicyclic) bond motifs is 1. The number of ether oxygens (including phenoxy) is 1. The van der Waals surface area contributed by atoms with Gasteiger partial charge in [-0.2, -0.15) is 0 Å². The monoisotopic (exact) mass is 255 g/mol. The van der Waals surface area contributed by atoms with Crippen LogP contribution in [0.2, 0.25) is 0 Å². The second-order valence-corrected chi connectivity index (χ2v) is 3.32. The summed E-state index contributed by atoms with van der Waals surface area (Å²) in [7, 11) is 1.32. The molecule has 0 N–H and O–H groups in total. The predicted molar refractivity (Wildman–Crippen MR) is 52.0 cm³/mol. The number of nitrogens with zero attached hydrogens (tertiary/aromatic N) is 3. The molecule has 5 nitrogen and oxygen atoms in total. The Morgan fingerprint density at radius 1 is 1.64 bits per heavy atom. The van der Waals surface area contributed by atoms with Crippen LogP contribution in [-0.2, 0) is 4.74 Å². The number of rotatable bonds is 1. The Kier molecular flexibility index (Phi) is 2.20. The molecule has 6 heteroatoms. The third-order valence-electron chi connectivity index (χ3n) is 1.73. The summed E-state index contributed by atoms with van der Waals surface area (Å²) in [6.45, 7) is 0. The normalized spacial score (nSPS) is 10.4. The highest BCUT2D eigenvalue weighted by molar-refractivity contribution is 9.10. The van der Waals surface area contributed by atoms with Crippen molar-refractivity contribution in [3.63, 3.8) is 0 Å². The Bertz CT molecular complexity index is 494. The maximum atomic E-state index is 11.2. The van der Waals surface area contributed by atoms with Crippen molar-refractivity contribution in [3.8, 4) is 0 Å². The Labute approximate surface area is 87.9 Å². The Morgan fingerprint density at radius 2 is 2.43 bits per heavy atom. The van der Waals surface area contributed by atoms with Crippen LogP contribution in [-0.4, -0.2) is 27.4 Å². The van der Waals surface area contributed by atoms with Gasteiger partial charge in [-0.05, 0) is 15.9 Å². The van der Waals surface area contributed by atoms with E-state index in [2.05, 4.69) is 30.6 Å². The zero-order chi connectivity index (χ0) is 10.1. The second-order valence-electron chi connectivity index (χ2n) is 2.57. The number of hydrogen-bond acceptors (Lipinski definition) is 4. The molecule has 0 atom stereocenters. The summed E-state index contributed by atoms with van der Waals surface area (Å²) in [5.74, 6) is -0.471. The molecule has 0 aliphatic rings. The molecule has 0 aliphatic carbocycles. The van der Waals surface area contributed by atoms with Crippen LogP contribution in [0.15, 0.2) is 23.2 Å². The molecule has 2 aromatic heterocycles. The molecule has 0 bridgehead atoms. The second kappa shape index (κ2) is 3.38. The smallest absolute Gasteiger partial charge is 0.358 e. The minimum atomic E-state index is -0.471. The Morgan fingerprint density at radius 3 is 3.14 bits per heavy atom. The Hall–Kier alpha value is -1.43. The number of esters is 1. The number of carbonyl (C=O) groups is 1. The van der Waals surface area contributed by atoms with E-state index in [9.17, 15) is 4.79 Å². The molecule has 2 heterocycles. The van der Waals surface area contributed by atoms with Crippen molar-refractivity contribution < 1.29 is 9.53 Å². The van der Waals surface area contributed by atoms with Gasteiger partial charge >= 0.3 is 5.97 Å². The van der Waals surface area contributed by atoms with Crippen LogP contribution in [0.1, 0.15) is 10.5 Å². The van der Waals surface area contributed by atoms with E-state index >= 15 is 0 Å². The number of halogens is 1. The first kappa shape index (κ1) is 9.14. The average Bonchev–Trinajstić information content (AvgIpc) is 2.64. The first-order valence-corrected chi connectivity index (χ1v) is 4.59. The lowest BCUT2D eigenvalue weighted by Gasteiger charge is -2.00. The van der Waals surface area contributed by atoms with Gasteiger partial charge in [-0.25, -0.2) is 14.8 Å². The highest BCUT2D eigenvalue weighted by Crippen LogP contribution is 2.14. The number of hydrogen-bond donors (Lipinski definition) is 0. The van der Waals surface area contributed by atoms with Gasteiger partial charge in [0.05, 0.1) is 7.11 Å². The van der Waals surface area contributed by atoms with Crippen LogP contribution in [0.4, 0.5) is 0 Å². The van der Waals surface area contributed by atoms with Crippen LogP contribution in [0.25, 0.3) is 5.65 Å². The van der Waals surface area contributed by atoms with Crippen molar-refractivity contribution in [1.29, 1.82) is 0 Å². The van der Waals surface area contributed by atoms with Gasteiger partial charge < -0.3 is 9.14 Å². The van der Waals surface area contributed by atoms with E-state index < -0.39 is 5.97 Å². The van der Waals surface area contributed by atoms with E-state index in [-0.39, 0.29) is 5.69 Å². The minimum absolute atomic E-state index is 0.241. The van der Waals surface area contributed by atoms with E-state index in [1.807, 2.05) is 0 Å². The minimum Gasteiger partial charge on any atom is -0.464 e. The molecule has 0 amide bonds. The molecule has 0 radical (unpaired) electrons. The zero-order valence-corrected chi connectivity index (χ0v) is 8.85. The van der Waals surface area contributed by atoms with Gasteiger partial charge in [0.25, 0.3) is 0 Å². The molecule has 2 rings (SSSR count). The van der Waals surface area contributed by atoms with Gasteiger partial charge in [0.15, 0.2) is 11.3 Å². The van der Waals surface area contributed by atoms with Crippen LogP contribution in [0.3, 0.4) is 0 Å². The lowest BCUT2D eigenvalue weighted by Crippen LogP contribution is -2.06. The standard InChI is InChI=1S/C8H6BrN3O2/c1-14-8(13)5-4-12-3-2-10-7(12)6(9)11-5/h2-4H,1H3. The fraction of sp³-hybridized carbons (Fsp3) is 0.125. The SMILES string of the molecule is COC(=O)c1cn2ccnc2c(Br)n1.